The Morgan fingerprint density at radius 1 is 1.25 bits per heavy atom. The molecule has 3 heterocycles. The van der Waals surface area contributed by atoms with Gasteiger partial charge in [0.2, 0.25) is 0 Å². The van der Waals surface area contributed by atoms with Crippen molar-refractivity contribution in [1.29, 1.82) is 0 Å². The quantitative estimate of drug-likeness (QED) is 0.380. The van der Waals surface area contributed by atoms with E-state index >= 15 is 0 Å². The Hall–Kier alpha value is -2.19. The van der Waals surface area contributed by atoms with Crippen LogP contribution in [0.15, 0.2) is 34.1 Å². The predicted octanol–water partition coefficient (Wildman–Crippen LogP) is 5.18. The third kappa shape index (κ3) is 5.59. The highest BCUT2D eigenvalue weighted by atomic mass is 32.2. The van der Waals surface area contributed by atoms with Gasteiger partial charge in [-0.05, 0) is 36.5 Å². The van der Waals surface area contributed by atoms with Gasteiger partial charge in [0.25, 0.3) is 11.5 Å². The summed E-state index contributed by atoms with van der Waals surface area (Å²) in [5.41, 5.74) is 0.740. The van der Waals surface area contributed by atoms with E-state index in [0.29, 0.717) is 51.2 Å². The van der Waals surface area contributed by atoms with Gasteiger partial charge < -0.3 is 5.32 Å². The maximum absolute atomic E-state index is 13.3. The van der Waals surface area contributed by atoms with Crippen molar-refractivity contribution in [2.75, 3.05) is 18.4 Å². The molecule has 1 aliphatic heterocycles. The molecule has 1 N–H and O–H groups in total. The topological polar surface area (TPSA) is 66.7 Å². The molecular formula is C24H32N4O2S2. The molecule has 0 saturated carbocycles. The summed E-state index contributed by atoms with van der Waals surface area (Å²) in [4.78, 5) is 33.3. The molecule has 1 fully saturated rings. The standard InChI is InChI=1S/C24H32N4O2S2/c1-5-7-10-17(6-2)15-28-23(30)19(32-24(28)31)13-18-21(25-14-16(3)4)26-20-11-8-9-12-27(20)22(18)29/h8-9,11-13,16-17,25H,5-7,10,14-15H2,1-4H3/b19-13-/t17-/m1/s1. The maximum Gasteiger partial charge on any atom is 0.267 e. The van der Waals surface area contributed by atoms with Gasteiger partial charge in [-0.25, -0.2) is 4.98 Å². The van der Waals surface area contributed by atoms with E-state index in [1.807, 2.05) is 6.07 Å². The van der Waals surface area contributed by atoms with Crippen molar-refractivity contribution in [3.05, 3.63) is 45.2 Å². The maximum atomic E-state index is 13.3. The number of thioether (sulfide) groups is 1. The molecule has 8 heteroatoms. The second-order valence-corrected chi connectivity index (χ2v) is 10.3. The highest BCUT2D eigenvalue weighted by molar-refractivity contribution is 8.26. The lowest BCUT2D eigenvalue weighted by molar-refractivity contribution is -0.122. The number of aromatic nitrogens is 2. The van der Waals surface area contributed by atoms with E-state index in [0.717, 1.165) is 25.7 Å². The second-order valence-electron chi connectivity index (χ2n) is 8.59. The Kier molecular flexibility index (Phi) is 8.48. The molecule has 0 spiro atoms. The largest absolute Gasteiger partial charge is 0.369 e. The average molecular weight is 473 g/mol. The summed E-state index contributed by atoms with van der Waals surface area (Å²) in [7, 11) is 0. The smallest absolute Gasteiger partial charge is 0.267 e. The monoisotopic (exact) mass is 472 g/mol. The van der Waals surface area contributed by atoms with Crippen LogP contribution in [0.25, 0.3) is 11.7 Å². The van der Waals surface area contributed by atoms with Crippen LogP contribution in [-0.2, 0) is 4.79 Å². The van der Waals surface area contributed by atoms with Crippen molar-refractivity contribution in [1.82, 2.24) is 14.3 Å². The molecule has 32 heavy (non-hydrogen) atoms. The van der Waals surface area contributed by atoms with Gasteiger partial charge in [-0.1, -0.05) is 77.0 Å². The molecular weight excluding hydrogens is 440 g/mol. The highest BCUT2D eigenvalue weighted by Crippen LogP contribution is 2.34. The molecule has 1 atom stereocenters. The minimum atomic E-state index is -0.207. The zero-order chi connectivity index (χ0) is 23.3. The summed E-state index contributed by atoms with van der Waals surface area (Å²) in [5, 5.41) is 3.29. The minimum absolute atomic E-state index is 0.123. The number of fused-ring (bicyclic) bond motifs is 1. The number of unbranched alkanes of at least 4 members (excludes halogenated alkanes) is 1. The first-order chi connectivity index (χ1) is 15.3. The lowest BCUT2D eigenvalue weighted by Gasteiger charge is -2.21. The summed E-state index contributed by atoms with van der Waals surface area (Å²) in [6.45, 7) is 9.82. The summed E-state index contributed by atoms with van der Waals surface area (Å²) < 4.78 is 2.06. The fourth-order valence-corrected chi connectivity index (χ4v) is 4.89. The number of carbonyl (C=O) groups is 1. The predicted molar refractivity (Wildman–Crippen MR) is 138 cm³/mol. The Morgan fingerprint density at radius 2 is 2.03 bits per heavy atom. The third-order valence-electron chi connectivity index (χ3n) is 5.58. The van der Waals surface area contributed by atoms with Crippen LogP contribution in [-0.4, -0.2) is 37.6 Å². The Labute approximate surface area is 199 Å². The lowest BCUT2D eigenvalue weighted by Crippen LogP contribution is -2.33. The number of nitrogens with zero attached hydrogens (tertiary/aromatic N) is 3. The third-order valence-corrected chi connectivity index (χ3v) is 6.96. The number of anilines is 1. The van der Waals surface area contributed by atoms with Gasteiger partial charge in [-0.15, -0.1) is 0 Å². The molecule has 2 aromatic rings. The van der Waals surface area contributed by atoms with E-state index < -0.39 is 0 Å². The Balaban J connectivity index is 1.96. The van der Waals surface area contributed by atoms with E-state index in [1.54, 1.807) is 29.3 Å². The Bertz CT molecular complexity index is 1080. The van der Waals surface area contributed by atoms with Gasteiger partial charge in [0.15, 0.2) is 0 Å². The first kappa shape index (κ1) is 24.5. The van der Waals surface area contributed by atoms with Crippen LogP contribution >= 0.6 is 24.0 Å². The van der Waals surface area contributed by atoms with Crippen LogP contribution < -0.4 is 10.9 Å². The molecule has 1 aliphatic rings. The second kappa shape index (κ2) is 11.1. The van der Waals surface area contributed by atoms with Crippen molar-refractivity contribution >= 4 is 51.7 Å². The highest BCUT2D eigenvalue weighted by Gasteiger charge is 2.33. The Morgan fingerprint density at radius 3 is 2.72 bits per heavy atom. The van der Waals surface area contributed by atoms with Crippen molar-refractivity contribution in [3.63, 3.8) is 0 Å². The molecule has 0 aliphatic carbocycles. The van der Waals surface area contributed by atoms with E-state index in [2.05, 4.69) is 38.0 Å². The number of hydrogen-bond acceptors (Lipinski definition) is 6. The summed E-state index contributed by atoms with van der Waals surface area (Å²) in [6, 6.07) is 5.44. The lowest BCUT2D eigenvalue weighted by atomic mass is 9.99. The first-order valence-electron chi connectivity index (χ1n) is 11.4. The summed E-state index contributed by atoms with van der Waals surface area (Å²) in [5.74, 6) is 1.18. The van der Waals surface area contributed by atoms with Gasteiger partial charge in [0.1, 0.15) is 15.8 Å². The number of hydrogen-bond donors (Lipinski definition) is 1. The average Bonchev–Trinajstić information content (AvgIpc) is 3.04. The van der Waals surface area contributed by atoms with Gasteiger partial charge in [-0.2, -0.15) is 0 Å². The number of amides is 1. The number of rotatable bonds is 10. The molecule has 1 amide bonds. The molecule has 2 aromatic heterocycles. The van der Waals surface area contributed by atoms with Crippen molar-refractivity contribution in [2.24, 2.45) is 11.8 Å². The van der Waals surface area contributed by atoms with Gasteiger partial charge in [0.05, 0.1) is 10.5 Å². The van der Waals surface area contributed by atoms with E-state index in [9.17, 15) is 9.59 Å². The fourth-order valence-electron chi connectivity index (χ4n) is 3.63. The molecule has 3 rings (SSSR count). The fraction of sp³-hybridized carbons (Fsp3) is 0.500. The van der Waals surface area contributed by atoms with Crippen molar-refractivity contribution in [2.45, 2.75) is 53.4 Å². The van der Waals surface area contributed by atoms with Crippen LogP contribution in [0.2, 0.25) is 0 Å². The number of nitrogens with one attached hydrogen (secondary N) is 1. The summed E-state index contributed by atoms with van der Waals surface area (Å²) >= 11 is 6.80. The zero-order valence-corrected chi connectivity index (χ0v) is 20.9. The van der Waals surface area contributed by atoms with E-state index in [-0.39, 0.29) is 11.5 Å². The zero-order valence-electron chi connectivity index (χ0n) is 19.3. The van der Waals surface area contributed by atoms with Crippen LogP contribution in [0.5, 0.6) is 0 Å². The number of thiocarbonyl (C=S) groups is 1. The first-order valence-corrected chi connectivity index (χ1v) is 12.6. The molecule has 0 radical (unpaired) electrons. The number of pyridine rings is 1. The van der Waals surface area contributed by atoms with E-state index in [4.69, 9.17) is 12.2 Å². The van der Waals surface area contributed by atoms with Crippen LogP contribution in [0.1, 0.15) is 58.9 Å². The van der Waals surface area contributed by atoms with Crippen molar-refractivity contribution in [3.8, 4) is 0 Å². The van der Waals surface area contributed by atoms with Gasteiger partial charge >= 0.3 is 0 Å². The van der Waals surface area contributed by atoms with E-state index in [1.165, 1.54) is 16.2 Å². The van der Waals surface area contributed by atoms with Crippen molar-refractivity contribution < 1.29 is 4.79 Å². The molecule has 6 nitrogen and oxygen atoms in total. The van der Waals surface area contributed by atoms with Gasteiger partial charge in [-0.3, -0.25) is 18.9 Å². The van der Waals surface area contributed by atoms with Gasteiger partial charge in [0, 0.05) is 19.3 Å². The van der Waals surface area contributed by atoms with Crippen LogP contribution in [0.3, 0.4) is 0 Å². The summed E-state index contributed by atoms with van der Waals surface area (Å²) in [6.07, 6.45) is 7.73. The molecule has 0 aromatic carbocycles. The SMILES string of the molecule is CCCC[C@@H](CC)CN1C(=O)/C(=C/c2c(NCC(C)C)nc3ccccn3c2=O)SC1=S. The normalized spacial score (nSPS) is 16.5. The van der Waals surface area contributed by atoms with Crippen LogP contribution in [0, 0.1) is 11.8 Å². The minimum Gasteiger partial charge on any atom is -0.369 e. The molecule has 1 saturated heterocycles. The molecule has 0 unspecified atom stereocenters. The molecule has 172 valence electrons. The van der Waals surface area contributed by atoms with Crippen LogP contribution in [0.4, 0.5) is 5.82 Å². The molecule has 0 bridgehead atoms. The number of carbonyl (C=O) groups excluding carboxylic acids is 1.